The first-order chi connectivity index (χ1) is 5.33. The summed E-state index contributed by atoms with van der Waals surface area (Å²) in [5, 5.41) is 8.02. The van der Waals surface area contributed by atoms with Crippen LogP contribution in [0.3, 0.4) is 0 Å². The highest BCUT2D eigenvalue weighted by Gasteiger charge is 1.69. The Labute approximate surface area is 67.3 Å². The predicted octanol–water partition coefficient (Wildman–Crippen LogP) is 1.43. The third-order valence-corrected chi connectivity index (χ3v) is 0.519. The van der Waals surface area contributed by atoms with Crippen LogP contribution >= 0.6 is 0 Å². The average Bonchev–Trinajstić information content (AvgIpc) is 2.04. The van der Waals surface area contributed by atoms with E-state index < -0.39 is 0 Å². The Morgan fingerprint density at radius 1 is 1.09 bits per heavy atom. The largest absolute Gasteiger partial charge is 0.499 e. The highest BCUT2D eigenvalue weighted by atomic mass is 16.5. The Bertz CT molecular complexity index is 93.5. The molecule has 0 aliphatic rings. The lowest BCUT2D eigenvalue weighted by atomic mass is 10.8. The molecule has 0 saturated carbocycles. The zero-order valence-corrected chi connectivity index (χ0v) is 6.53. The number of rotatable bonds is 5. The van der Waals surface area contributed by atoms with Gasteiger partial charge in [0.25, 0.3) is 0 Å². The van der Waals surface area contributed by atoms with Crippen molar-refractivity contribution in [2.75, 3.05) is 13.2 Å². The molecule has 0 rings (SSSR count). The molecule has 0 fully saturated rings. The molecule has 0 saturated heterocycles. The fraction of sp³-hybridized carbons (Fsp3) is 0.250. The van der Waals surface area contributed by atoms with E-state index >= 15 is 0 Å². The molecular weight excluding hydrogens is 144 g/mol. The van der Waals surface area contributed by atoms with Gasteiger partial charge in [0.2, 0.25) is 0 Å². The van der Waals surface area contributed by atoms with Gasteiger partial charge >= 0.3 is 0 Å². The first-order valence-corrected chi connectivity index (χ1v) is 3.04. The van der Waals surface area contributed by atoms with Gasteiger partial charge in [-0.25, -0.2) is 0 Å². The lowest BCUT2D eigenvalue weighted by Crippen LogP contribution is -1.90. The van der Waals surface area contributed by atoms with Crippen LogP contribution in [-0.4, -0.2) is 18.3 Å². The van der Waals surface area contributed by atoms with Crippen LogP contribution in [0.15, 0.2) is 38.5 Å². The van der Waals surface area contributed by atoms with E-state index in [1.165, 1.54) is 18.8 Å². The summed E-state index contributed by atoms with van der Waals surface area (Å²) in [6, 6.07) is 0. The fourth-order valence-corrected chi connectivity index (χ4v) is 0.204. The van der Waals surface area contributed by atoms with Crippen LogP contribution < -0.4 is 0 Å². The normalized spacial score (nSPS) is 6.64. The minimum Gasteiger partial charge on any atom is -0.499 e. The number of hydrogen-bond acceptors (Lipinski definition) is 3. The molecule has 3 nitrogen and oxygen atoms in total. The summed E-state index contributed by atoms with van der Waals surface area (Å²) >= 11 is 0. The topological polar surface area (TPSA) is 38.7 Å². The molecular formula is C8H14O3. The molecule has 0 amide bonds. The second-order valence-corrected chi connectivity index (χ2v) is 1.23. The van der Waals surface area contributed by atoms with Crippen molar-refractivity contribution in [2.24, 2.45) is 0 Å². The summed E-state index contributed by atoms with van der Waals surface area (Å²) in [4.78, 5) is 0. The molecule has 0 aromatic carbocycles. The summed E-state index contributed by atoms with van der Waals surface area (Å²) < 4.78 is 8.86. The van der Waals surface area contributed by atoms with Crippen molar-refractivity contribution >= 4 is 0 Å². The van der Waals surface area contributed by atoms with Crippen molar-refractivity contribution in [1.29, 1.82) is 0 Å². The smallest absolute Gasteiger partial charge is 0.110 e. The van der Waals surface area contributed by atoms with Crippen molar-refractivity contribution in [3.8, 4) is 0 Å². The van der Waals surface area contributed by atoms with Crippen LogP contribution in [0.1, 0.15) is 0 Å². The van der Waals surface area contributed by atoms with E-state index in [9.17, 15) is 0 Å². The van der Waals surface area contributed by atoms with E-state index in [-0.39, 0.29) is 6.61 Å². The summed E-state index contributed by atoms with van der Waals surface area (Å²) in [5.74, 6) is 0. The predicted molar refractivity (Wildman–Crippen MR) is 44.7 cm³/mol. The van der Waals surface area contributed by atoms with Crippen molar-refractivity contribution in [3.05, 3.63) is 38.5 Å². The maximum atomic E-state index is 8.02. The maximum absolute atomic E-state index is 8.02. The van der Waals surface area contributed by atoms with Crippen LogP contribution in [0.4, 0.5) is 0 Å². The molecule has 0 aliphatic carbocycles. The standard InChI is InChI=1S/C4H8O2.C4H6O/c1-2-6-4-3-5;1-3-5-4-2/h2,5H,1,3-4H2;3-4H,1-2H2. The molecule has 11 heavy (non-hydrogen) atoms. The Morgan fingerprint density at radius 2 is 1.64 bits per heavy atom. The molecule has 0 aromatic heterocycles. The van der Waals surface area contributed by atoms with Gasteiger partial charge in [0.15, 0.2) is 0 Å². The summed E-state index contributed by atoms with van der Waals surface area (Å²) in [5.41, 5.74) is 0. The molecule has 64 valence electrons. The highest BCUT2D eigenvalue weighted by Crippen LogP contribution is 1.67. The van der Waals surface area contributed by atoms with Crippen LogP contribution in [0, 0.1) is 0 Å². The highest BCUT2D eigenvalue weighted by molar-refractivity contribution is 4.57. The minimum absolute atomic E-state index is 0.0615. The van der Waals surface area contributed by atoms with Crippen molar-refractivity contribution in [1.82, 2.24) is 0 Å². The third-order valence-electron chi connectivity index (χ3n) is 0.519. The summed E-state index contributed by atoms with van der Waals surface area (Å²) in [6.45, 7) is 10.2. The maximum Gasteiger partial charge on any atom is 0.110 e. The van der Waals surface area contributed by atoms with Gasteiger partial charge in [0.05, 0.1) is 25.4 Å². The van der Waals surface area contributed by atoms with Gasteiger partial charge < -0.3 is 14.6 Å². The quantitative estimate of drug-likeness (QED) is 0.486. The van der Waals surface area contributed by atoms with Gasteiger partial charge in [-0.05, 0) is 0 Å². The van der Waals surface area contributed by atoms with E-state index in [1.807, 2.05) is 0 Å². The van der Waals surface area contributed by atoms with Crippen molar-refractivity contribution < 1.29 is 14.6 Å². The van der Waals surface area contributed by atoms with Gasteiger partial charge in [-0.3, -0.25) is 0 Å². The summed E-state index contributed by atoms with van der Waals surface area (Å²) in [6.07, 6.45) is 3.93. The molecule has 0 atom stereocenters. The first kappa shape index (κ1) is 12.5. The molecule has 0 heterocycles. The Hall–Kier alpha value is -1.22. The molecule has 0 aliphatic heterocycles. The molecule has 1 N–H and O–H groups in total. The molecule has 0 aromatic rings. The Kier molecular flexibility index (Phi) is 18.0. The Morgan fingerprint density at radius 3 is 1.73 bits per heavy atom. The molecule has 3 heteroatoms. The van der Waals surface area contributed by atoms with E-state index in [0.717, 1.165) is 0 Å². The zero-order chi connectivity index (χ0) is 8.95. The number of aliphatic hydroxyl groups is 1. The van der Waals surface area contributed by atoms with Crippen LogP contribution in [0.5, 0.6) is 0 Å². The van der Waals surface area contributed by atoms with Crippen LogP contribution in [0.2, 0.25) is 0 Å². The SMILES string of the molecule is C=COC=C.C=COCCO. The van der Waals surface area contributed by atoms with Gasteiger partial charge in [0.1, 0.15) is 6.61 Å². The first-order valence-electron chi connectivity index (χ1n) is 3.04. The van der Waals surface area contributed by atoms with E-state index in [1.54, 1.807) is 0 Å². The molecule has 0 unspecified atom stereocenters. The fourth-order valence-electron chi connectivity index (χ4n) is 0.204. The van der Waals surface area contributed by atoms with Crippen molar-refractivity contribution in [2.45, 2.75) is 0 Å². The van der Waals surface area contributed by atoms with Crippen LogP contribution in [0.25, 0.3) is 0 Å². The number of hydrogen-bond donors (Lipinski definition) is 1. The molecule has 0 radical (unpaired) electrons. The van der Waals surface area contributed by atoms with E-state index in [4.69, 9.17) is 5.11 Å². The number of aliphatic hydroxyl groups excluding tert-OH is 1. The van der Waals surface area contributed by atoms with Crippen LogP contribution in [-0.2, 0) is 9.47 Å². The summed E-state index contributed by atoms with van der Waals surface area (Å²) in [7, 11) is 0. The second kappa shape index (κ2) is 15.9. The minimum atomic E-state index is 0.0615. The average molecular weight is 158 g/mol. The molecule has 0 bridgehead atoms. The third kappa shape index (κ3) is 28.2. The van der Waals surface area contributed by atoms with Gasteiger partial charge in [0, 0.05) is 0 Å². The van der Waals surface area contributed by atoms with Crippen molar-refractivity contribution in [3.63, 3.8) is 0 Å². The van der Waals surface area contributed by atoms with Gasteiger partial charge in [-0.2, -0.15) is 0 Å². The molecule has 0 spiro atoms. The van der Waals surface area contributed by atoms with E-state index in [0.29, 0.717) is 6.61 Å². The second-order valence-electron chi connectivity index (χ2n) is 1.23. The number of ether oxygens (including phenoxy) is 2. The lowest BCUT2D eigenvalue weighted by molar-refractivity contribution is 0.166. The van der Waals surface area contributed by atoms with E-state index in [2.05, 4.69) is 29.2 Å². The monoisotopic (exact) mass is 158 g/mol. The zero-order valence-electron chi connectivity index (χ0n) is 6.53. The lowest BCUT2D eigenvalue weighted by Gasteiger charge is -1.89. The Balaban J connectivity index is 0. The van der Waals surface area contributed by atoms with Gasteiger partial charge in [-0.1, -0.05) is 19.7 Å². The van der Waals surface area contributed by atoms with Gasteiger partial charge in [-0.15, -0.1) is 0 Å².